The van der Waals surface area contributed by atoms with Gasteiger partial charge in [-0.05, 0) is 18.6 Å². The van der Waals surface area contributed by atoms with Gasteiger partial charge in [0.05, 0.1) is 0 Å². The molecule has 1 aromatic rings. The number of nitrogens with zero attached hydrogens (tertiary/aromatic N) is 3. The van der Waals surface area contributed by atoms with Gasteiger partial charge in [-0.3, -0.25) is 0 Å². The molecule has 0 aliphatic heterocycles. The number of hydrogen-bond acceptors (Lipinski definition) is 5. The van der Waals surface area contributed by atoms with Crippen LogP contribution in [0, 0.1) is 11.3 Å². The molecule has 1 N–H and O–H groups in total. The van der Waals surface area contributed by atoms with Gasteiger partial charge < -0.3 is 5.11 Å². The van der Waals surface area contributed by atoms with E-state index in [4.69, 9.17) is 10.4 Å². The van der Waals surface area contributed by atoms with Crippen molar-refractivity contribution in [2.24, 2.45) is 0 Å². The molecule has 0 aliphatic rings. The van der Waals surface area contributed by atoms with Gasteiger partial charge in [-0.1, -0.05) is 6.92 Å². The van der Waals surface area contributed by atoms with E-state index in [2.05, 4.69) is 4.98 Å². The van der Waals surface area contributed by atoms with Gasteiger partial charge in [0.15, 0.2) is 0 Å². The van der Waals surface area contributed by atoms with Gasteiger partial charge in [-0.25, -0.2) is 13.4 Å². The number of pyridine rings is 1. The van der Waals surface area contributed by atoms with Crippen LogP contribution in [0.5, 0.6) is 0 Å². The van der Waals surface area contributed by atoms with E-state index < -0.39 is 10.0 Å². The van der Waals surface area contributed by atoms with Crippen molar-refractivity contribution in [1.82, 2.24) is 9.29 Å². The molecule has 0 radical (unpaired) electrons. The molecule has 0 amide bonds. The quantitative estimate of drug-likeness (QED) is 0.804. The summed E-state index contributed by atoms with van der Waals surface area (Å²) >= 11 is 0. The van der Waals surface area contributed by atoms with E-state index in [1.54, 1.807) is 6.92 Å². The number of aliphatic hydroxyl groups excluding tert-OH is 1. The van der Waals surface area contributed by atoms with Crippen LogP contribution in [0.3, 0.4) is 0 Å². The molecule has 7 heteroatoms. The highest BCUT2D eigenvalue weighted by atomic mass is 32.2. The molecule has 6 nitrogen and oxygen atoms in total. The Balaban J connectivity index is 2.99. The van der Waals surface area contributed by atoms with Crippen LogP contribution in [-0.2, 0) is 10.0 Å². The number of aromatic nitrogens is 1. The lowest BCUT2D eigenvalue weighted by Crippen LogP contribution is -2.32. The topological polar surface area (TPSA) is 94.3 Å². The highest BCUT2D eigenvalue weighted by molar-refractivity contribution is 7.89. The van der Waals surface area contributed by atoms with Crippen molar-refractivity contribution in [2.45, 2.75) is 18.2 Å². The Kier molecular flexibility index (Phi) is 5.22. The second-order valence-electron chi connectivity index (χ2n) is 3.56. The molecule has 0 saturated carbocycles. The number of hydrogen-bond donors (Lipinski definition) is 1. The summed E-state index contributed by atoms with van der Waals surface area (Å²) in [5.41, 5.74) is 0.173. The van der Waals surface area contributed by atoms with Crippen molar-refractivity contribution in [3.63, 3.8) is 0 Å². The minimum atomic E-state index is -3.60. The largest absolute Gasteiger partial charge is 0.396 e. The highest BCUT2D eigenvalue weighted by Crippen LogP contribution is 2.14. The predicted octanol–water partition coefficient (Wildman–Crippen LogP) is 0.346. The minimum Gasteiger partial charge on any atom is -0.396 e. The van der Waals surface area contributed by atoms with Crippen LogP contribution in [0.25, 0.3) is 0 Å². The second-order valence-corrected chi connectivity index (χ2v) is 5.50. The zero-order chi connectivity index (χ0) is 13.6. The maximum atomic E-state index is 12.2. The molecular formula is C11H15N3O3S. The number of nitriles is 1. The fourth-order valence-electron chi connectivity index (χ4n) is 1.44. The molecule has 0 bridgehead atoms. The van der Waals surface area contributed by atoms with Gasteiger partial charge in [0.25, 0.3) is 0 Å². The molecule has 1 rings (SSSR count). The van der Waals surface area contributed by atoms with Crippen LogP contribution in [0.15, 0.2) is 23.2 Å². The maximum absolute atomic E-state index is 12.2. The fourth-order valence-corrected chi connectivity index (χ4v) is 2.88. The summed E-state index contributed by atoms with van der Waals surface area (Å²) in [5, 5.41) is 17.3. The summed E-state index contributed by atoms with van der Waals surface area (Å²) in [6, 6.07) is 4.56. The normalized spacial score (nSPS) is 11.4. The average Bonchev–Trinajstić information content (AvgIpc) is 2.39. The first-order valence-corrected chi connectivity index (χ1v) is 6.97. The van der Waals surface area contributed by atoms with Crippen molar-refractivity contribution in [1.29, 1.82) is 5.26 Å². The smallest absolute Gasteiger partial charge is 0.244 e. The van der Waals surface area contributed by atoms with Gasteiger partial charge in [-0.15, -0.1) is 0 Å². The van der Waals surface area contributed by atoms with Crippen LogP contribution < -0.4 is 0 Å². The lowest BCUT2D eigenvalue weighted by Gasteiger charge is -2.19. The van der Waals surface area contributed by atoms with Gasteiger partial charge in [0, 0.05) is 25.9 Å². The molecule has 1 aromatic heterocycles. The monoisotopic (exact) mass is 269 g/mol. The van der Waals surface area contributed by atoms with Crippen LogP contribution in [0.4, 0.5) is 0 Å². The molecule has 18 heavy (non-hydrogen) atoms. The van der Waals surface area contributed by atoms with Gasteiger partial charge >= 0.3 is 0 Å². The second kappa shape index (κ2) is 6.44. The standard InChI is InChI=1S/C11H15N3O3S/c1-2-14(6-3-7-15)18(16,17)11-5-4-10(8-12)13-9-11/h4-5,9,15H,2-3,6-7H2,1H3. The van der Waals surface area contributed by atoms with Crippen molar-refractivity contribution in [3.05, 3.63) is 24.0 Å². The Morgan fingerprint density at radius 2 is 2.22 bits per heavy atom. The van der Waals surface area contributed by atoms with Gasteiger partial charge in [0.2, 0.25) is 10.0 Å². The zero-order valence-corrected chi connectivity index (χ0v) is 10.9. The first-order valence-electron chi connectivity index (χ1n) is 5.53. The molecule has 0 atom stereocenters. The summed E-state index contributed by atoms with van der Waals surface area (Å²) in [6.07, 6.45) is 1.56. The highest BCUT2D eigenvalue weighted by Gasteiger charge is 2.22. The van der Waals surface area contributed by atoms with E-state index in [0.717, 1.165) is 0 Å². The Labute approximate surface area is 107 Å². The van der Waals surface area contributed by atoms with Gasteiger partial charge in [-0.2, -0.15) is 9.57 Å². The Morgan fingerprint density at radius 3 is 2.67 bits per heavy atom. The van der Waals surface area contributed by atoms with Crippen LogP contribution in [0.1, 0.15) is 19.0 Å². The Morgan fingerprint density at radius 1 is 1.50 bits per heavy atom. The van der Waals surface area contributed by atoms with Crippen molar-refractivity contribution in [3.8, 4) is 6.07 Å². The number of aliphatic hydroxyl groups is 1. The third kappa shape index (κ3) is 3.26. The summed E-state index contributed by atoms with van der Waals surface area (Å²) in [5.74, 6) is 0. The summed E-state index contributed by atoms with van der Waals surface area (Å²) in [6.45, 7) is 2.25. The van der Waals surface area contributed by atoms with Crippen molar-refractivity contribution < 1.29 is 13.5 Å². The summed E-state index contributed by atoms with van der Waals surface area (Å²) < 4.78 is 25.7. The lowest BCUT2D eigenvalue weighted by atomic mass is 10.4. The molecule has 0 aliphatic carbocycles. The van der Waals surface area contributed by atoms with E-state index in [-0.39, 0.29) is 23.7 Å². The van der Waals surface area contributed by atoms with E-state index in [1.807, 2.05) is 6.07 Å². The molecular weight excluding hydrogens is 254 g/mol. The molecule has 1 heterocycles. The van der Waals surface area contributed by atoms with Crippen molar-refractivity contribution in [2.75, 3.05) is 19.7 Å². The van der Waals surface area contributed by atoms with Crippen LogP contribution in [-0.4, -0.2) is 42.5 Å². The lowest BCUT2D eigenvalue weighted by molar-refractivity contribution is 0.271. The van der Waals surface area contributed by atoms with E-state index in [0.29, 0.717) is 13.0 Å². The minimum absolute atomic E-state index is 0.0567. The molecule has 98 valence electrons. The number of rotatable bonds is 6. The van der Waals surface area contributed by atoms with E-state index in [1.165, 1.54) is 22.6 Å². The third-order valence-corrected chi connectivity index (χ3v) is 4.36. The Hall–Kier alpha value is -1.49. The van der Waals surface area contributed by atoms with E-state index in [9.17, 15) is 8.42 Å². The predicted molar refractivity (Wildman–Crippen MR) is 65.1 cm³/mol. The summed E-state index contributed by atoms with van der Waals surface area (Å²) in [7, 11) is -3.60. The van der Waals surface area contributed by atoms with Crippen LogP contribution >= 0.6 is 0 Å². The summed E-state index contributed by atoms with van der Waals surface area (Å²) in [4.78, 5) is 3.80. The first-order chi connectivity index (χ1) is 8.56. The number of sulfonamides is 1. The van der Waals surface area contributed by atoms with Crippen molar-refractivity contribution >= 4 is 10.0 Å². The maximum Gasteiger partial charge on any atom is 0.244 e. The zero-order valence-electron chi connectivity index (χ0n) is 10.1. The molecule has 0 fully saturated rings. The molecule has 0 aromatic carbocycles. The van der Waals surface area contributed by atoms with Crippen LogP contribution in [0.2, 0.25) is 0 Å². The molecule has 0 saturated heterocycles. The molecule has 0 spiro atoms. The van der Waals surface area contributed by atoms with Gasteiger partial charge in [0.1, 0.15) is 16.7 Å². The average molecular weight is 269 g/mol. The first kappa shape index (κ1) is 14.6. The molecule has 0 unspecified atom stereocenters. The Bertz CT molecular complexity index is 519. The fraction of sp³-hybridized carbons (Fsp3) is 0.455. The third-order valence-electron chi connectivity index (χ3n) is 2.41. The SMILES string of the molecule is CCN(CCCO)S(=O)(=O)c1ccc(C#N)nc1. The van der Waals surface area contributed by atoms with E-state index >= 15 is 0 Å².